The van der Waals surface area contributed by atoms with Crippen molar-refractivity contribution in [1.82, 2.24) is 4.90 Å². The molecule has 1 amide bonds. The van der Waals surface area contributed by atoms with Gasteiger partial charge in [0.2, 0.25) is 0 Å². The number of carbonyl (C=O) groups is 2. The van der Waals surface area contributed by atoms with Crippen LogP contribution in [0.15, 0.2) is 13.6 Å². The van der Waals surface area contributed by atoms with Gasteiger partial charge >= 0.3 is 5.97 Å². The summed E-state index contributed by atoms with van der Waals surface area (Å²) in [5, 5.41) is 9.28. The van der Waals surface area contributed by atoms with E-state index in [1.807, 2.05) is 6.92 Å². The first-order chi connectivity index (χ1) is 8.90. The van der Waals surface area contributed by atoms with Gasteiger partial charge < -0.3 is 10.0 Å². The van der Waals surface area contributed by atoms with Crippen molar-refractivity contribution in [3.63, 3.8) is 0 Å². The zero-order valence-corrected chi connectivity index (χ0v) is 14.2. The SMILES string of the molecule is CC1CCN(C(=O)c2cc(Br)sc2Br)C(C(=O)O)C1. The van der Waals surface area contributed by atoms with Crippen LogP contribution in [0.1, 0.15) is 30.1 Å². The van der Waals surface area contributed by atoms with E-state index in [-0.39, 0.29) is 5.91 Å². The van der Waals surface area contributed by atoms with Gasteiger partial charge in [0, 0.05) is 6.54 Å². The molecule has 0 aliphatic carbocycles. The molecule has 2 unspecified atom stereocenters. The largest absolute Gasteiger partial charge is 0.480 e. The van der Waals surface area contributed by atoms with Gasteiger partial charge in [-0.15, -0.1) is 11.3 Å². The second kappa shape index (κ2) is 5.93. The molecule has 19 heavy (non-hydrogen) atoms. The lowest BCUT2D eigenvalue weighted by Crippen LogP contribution is -2.49. The van der Waals surface area contributed by atoms with E-state index in [0.717, 1.165) is 14.0 Å². The summed E-state index contributed by atoms with van der Waals surface area (Å²) in [5.41, 5.74) is 0.526. The number of likely N-dealkylation sites (tertiary alicyclic amines) is 1. The third-order valence-electron chi connectivity index (χ3n) is 3.30. The highest BCUT2D eigenvalue weighted by Crippen LogP contribution is 2.34. The van der Waals surface area contributed by atoms with Crippen LogP contribution in [0.3, 0.4) is 0 Å². The Morgan fingerprint density at radius 2 is 2.16 bits per heavy atom. The Kier molecular flexibility index (Phi) is 4.68. The van der Waals surface area contributed by atoms with Crippen LogP contribution in [0, 0.1) is 5.92 Å². The Labute approximate surface area is 132 Å². The molecule has 1 aliphatic rings. The zero-order chi connectivity index (χ0) is 14.2. The van der Waals surface area contributed by atoms with Crippen molar-refractivity contribution in [2.24, 2.45) is 5.92 Å². The van der Waals surface area contributed by atoms with Crippen molar-refractivity contribution >= 4 is 55.1 Å². The summed E-state index contributed by atoms with van der Waals surface area (Å²) < 4.78 is 1.58. The van der Waals surface area contributed by atoms with Crippen molar-refractivity contribution in [1.29, 1.82) is 0 Å². The summed E-state index contributed by atoms with van der Waals surface area (Å²) in [6.45, 7) is 2.52. The lowest BCUT2D eigenvalue weighted by Gasteiger charge is -2.35. The minimum absolute atomic E-state index is 0.215. The zero-order valence-electron chi connectivity index (χ0n) is 10.2. The van der Waals surface area contributed by atoms with Crippen LogP contribution in [0.2, 0.25) is 0 Å². The fourth-order valence-corrected chi connectivity index (χ4v) is 5.04. The standard InChI is InChI=1S/C12H13Br2NO3S/c1-6-2-3-15(8(4-6)12(17)18)11(16)7-5-9(13)19-10(7)14/h5-6,8H,2-4H2,1H3,(H,17,18). The number of carboxylic acids is 1. The number of carbonyl (C=O) groups excluding carboxylic acids is 1. The lowest BCUT2D eigenvalue weighted by atomic mass is 9.92. The Hall–Kier alpha value is -0.400. The number of carboxylic acid groups (broad SMARTS) is 1. The maximum Gasteiger partial charge on any atom is 0.326 e. The number of nitrogens with zero attached hydrogens (tertiary/aromatic N) is 1. The summed E-state index contributed by atoms with van der Waals surface area (Å²) >= 11 is 8.09. The number of piperidine rings is 1. The van der Waals surface area contributed by atoms with Gasteiger partial charge in [-0.3, -0.25) is 4.79 Å². The second-order valence-corrected chi connectivity index (χ2v) is 8.47. The molecule has 0 aromatic carbocycles. The van der Waals surface area contributed by atoms with Gasteiger partial charge in [0.25, 0.3) is 5.91 Å². The fourth-order valence-electron chi connectivity index (χ4n) is 2.26. The molecule has 0 saturated carbocycles. The average Bonchev–Trinajstić information content (AvgIpc) is 2.67. The Balaban J connectivity index is 2.26. The van der Waals surface area contributed by atoms with E-state index >= 15 is 0 Å². The molecule has 1 aliphatic heterocycles. The number of rotatable bonds is 2. The number of aliphatic carboxylic acids is 1. The maximum absolute atomic E-state index is 12.5. The van der Waals surface area contributed by atoms with Crippen molar-refractivity contribution in [2.75, 3.05) is 6.54 Å². The number of hydrogen-bond acceptors (Lipinski definition) is 3. The third kappa shape index (κ3) is 3.20. The summed E-state index contributed by atoms with van der Waals surface area (Å²) in [7, 11) is 0. The topological polar surface area (TPSA) is 57.6 Å². The molecule has 1 saturated heterocycles. The lowest BCUT2D eigenvalue weighted by molar-refractivity contribution is -0.144. The highest BCUT2D eigenvalue weighted by molar-refractivity contribution is 9.12. The first kappa shape index (κ1) is 15.0. The van der Waals surface area contributed by atoms with Gasteiger partial charge in [0.15, 0.2) is 0 Å². The molecule has 1 aromatic heterocycles. The van der Waals surface area contributed by atoms with Gasteiger partial charge in [-0.1, -0.05) is 6.92 Å². The van der Waals surface area contributed by atoms with Gasteiger partial charge in [0.05, 0.1) is 13.1 Å². The molecule has 0 bridgehead atoms. The van der Waals surface area contributed by atoms with Gasteiger partial charge in [-0.05, 0) is 56.7 Å². The molecule has 0 radical (unpaired) electrons. The van der Waals surface area contributed by atoms with Crippen molar-refractivity contribution in [3.05, 3.63) is 19.2 Å². The normalized spacial score (nSPS) is 23.4. The number of thiophene rings is 1. The van der Waals surface area contributed by atoms with E-state index < -0.39 is 12.0 Å². The van der Waals surface area contributed by atoms with E-state index in [0.29, 0.717) is 24.4 Å². The van der Waals surface area contributed by atoms with Crippen LogP contribution in [-0.2, 0) is 4.79 Å². The number of hydrogen-bond donors (Lipinski definition) is 1. The van der Waals surface area contributed by atoms with Crippen LogP contribution in [0.5, 0.6) is 0 Å². The molecule has 0 spiro atoms. The molecular weight excluding hydrogens is 398 g/mol. The summed E-state index contributed by atoms with van der Waals surface area (Å²) in [6.07, 6.45) is 1.36. The molecule has 2 rings (SSSR count). The van der Waals surface area contributed by atoms with Gasteiger partial charge in [0.1, 0.15) is 6.04 Å². The fraction of sp³-hybridized carbons (Fsp3) is 0.500. The van der Waals surface area contributed by atoms with Crippen LogP contribution in [0.4, 0.5) is 0 Å². The molecule has 104 valence electrons. The third-order valence-corrected chi connectivity index (χ3v) is 5.64. The molecule has 1 aromatic rings. The molecular formula is C12H13Br2NO3S. The minimum atomic E-state index is -0.926. The van der Waals surface area contributed by atoms with Gasteiger partial charge in [-0.25, -0.2) is 4.79 Å². The predicted octanol–water partition coefficient (Wildman–Crippen LogP) is 3.60. The smallest absolute Gasteiger partial charge is 0.326 e. The van der Waals surface area contributed by atoms with Crippen molar-refractivity contribution < 1.29 is 14.7 Å². The summed E-state index contributed by atoms with van der Waals surface area (Å²) in [5.74, 6) is -0.804. The minimum Gasteiger partial charge on any atom is -0.480 e. The highest BCUT2D eigenvalue weighted by Gasteiger charge is 2.36. The van der Waals surface area contributed by atoms with Crippen LogP contribution < -0.4 is 0 Å². The molecule has 1 fully saturated rings. The number of halogens is 2. The van der Waals surface area contributed by atoms with E-state index in [2.05, 4.69) is 31.9 Å². The Bertz CT molecular complexity index is 517. The quantitative estimate of drug-likeness (QED) is 0.810. The summed E-state index contributed by atoms with van der Waals surface area (Å²) in [4.78, 5) is 25.3. The summed E-state index contributed by atoms with van der Waals surface area (Å²) in [6, 6.07) is 1.01. The van der Waals surface area contributed by atoms with Gasteiger partial charge in [-0.2, -0.15) is 0 Å². The number of amides is 1. The predicted molar refractivity (Wildman–Crippen MR) is 80.6 cm³/mol. The van der Waals surface area contributed by atoms with Crippen molar-refractivity contribution in [2.45, 2.75) is 25.8 Å². The molecule has 7 heteroatoms. The molecule has 2 atom stereocenters. The average molecular weight is 411 g/mol. The van der Waals surface area contributed by atoms with E-state index in [9.17, 15) is 14.7 Å². The second-order valence-electron chi connectivity index (χ2n) is 4.72. The first-order valence-corrected chi connectivity index (χ1v) is 8.29. The maximum atomic E-state index is 12.5. The Morgan fingerprint density at radius 3 is 2.68 bits per heavy atom. The molecule has 4 nitrogen and oxygen atoms in total. The molecule has 2 heterocycles. The molecule has 1 N–H and O–H groups in total. The Morgan fingerprint density at radius 1 is 1.47 bits per heavy atom. The first-order valence-electron chi connectivity index (χ1n) is 5.88. The van der Waals surface area contributed by atoms with E-state index in [1.54, 1.807) is 6.07 Å². The van der Waals surface area contributed by atoms with Crippen LogP contribution >= 0.6 is 43.2 Å². The van der Waals surface area contributed by atoms with E-state index in [4.69, 9.17) is 0 Å². The van der Waals surface area contributed by atoms with Crippen LogP contribution in [0.25, 0.3) is 0 Å². The van der Waals surface area contributed by atoms with Crippen LogP contribution in [-0.4, -0.2) is 34.5 Å². The monoisotopic (exact) mass is 409 g/mol. The highest BCUT2D eigenvalue weighted by atomic mass is 79.9. The van der Waals surface area contributed by atoms with E-state index in [1.165, 1.54) is 16.2 Å². The van der Waals surface area contributed by atoms with Crippen molar-refractivity contribution in [3.8, 4) is 0 Å².